The maximum absolute atomic E-state index is 12.9. The summed E-state index contributed by atoms with van der Waals surface area (Å²) in [5.74, 6) is 0.443. The average Bonchev–Trinajstić information content (AvgIpc) is 2.37. The molecule has 0 saturated heterocycles. The molecule has 0 radical (unpaired) electrons. The molecule has 0 aliphatic rings. The van der Waals surface area contributed by atoms with Crippen molar-refractivity contribution in [3.63, 3.8) is 0 Å². The largest absolute Gasteiger partial charge is 0.207 e. The SMILES string of the molecule is Fc1ccc(C(CCl)Cc2cccc(Cl)c2)cc1. The Labute approximate surface area is 116 Å². The summed E-state index contributed by atoms with van der Waals surface area (Å²) < 4.78 is 12.9. The third-order valence-corrected chi connectivity index (χ3v) is 3.51. The van der Waals surface area contributed by atoms with Gasteiger partial charge in [0, 0.05) is 16.8 Å². The molecule has 1 atom stereocenters. The van der Waals surface area contributed by atoms with Gasteiger partial charge in [0.05, 0.1) is 0 Å². The second kappa shape index (κ2) is 6.21. The molecule has 0 aliphatic carbocycles. The standard InChI is InChI=1S/C15H13Cl2F/c16-10-13(12-4-6-15(18)7-5-12)8-11-2-1-3-14(17)9-11/h1-7,9,13H,8,10H2. The van der Waals surface area contributed by atoms with Crippen molar-refractivity contribution in [2.24, 2.45) is 0 Å². The molecule has 0 heterocycles. The summed E-state index contributed by atoms with van der Waals surface area (Å²) in [6.07, 6.45) is 0.801. The fourth-order valence-corrected chi connectivity index (χ4v) is 2.45. The second-order valence-corrected chi connectivity index (χ2v) is 4.98. The first-order valence-electron chi connectivity index (χ1n) is 5.75. The molecule has 3 heteroatoms. The number of hydrogen-bond donors (Lipinski definition) is 0. The Balaban J connectivity index is 2.17. The van der Waals surface area contributed by atoms with E-state index in [4.69, 9.17) is 23.2 Å². The second-order valence-electron chi connectivity index (χ2n) is 4.24. The van der Waals surface area contributed by atoms with Crippen molar-refractivity contribution in [3.8, 4) is 0 Å². The Morgan fingerprint density at radius 1 is 1.06 bits per heavy atom. The van der Waals surface area contributed by atoms with E-state index in [1.807, 2.05) is 24.3 Å². The third kappa shape index (κ3) is 3.47. The van der Waals surface area contributed by atoms with Gasteiger partial charge < -0.3 is 0 Å². The van der Waals surface area contributed by atoms with Gasteiger partial charge in [-0.1, -0.05) is 35.9 Å². The van der Waals surface area contributed by atoms with Crippen LogP contribution in [0.4, 0.5) is 4.39 Å². The molecule has 1 unspecified atom stereocenters. The van der Waals surface area contributed by atoms with Crippen LogP contribution in [0, 0.1) is 5.82 Å². The molecule has 94 valence electrons. The zero-order valence-corrected chi connectivity index (χ0v) is 11.3. The lowest BCUT2D eigenvalue weighted by Crippen LogP contribution is -2.04. The lowest BCUT2D eigenvalue weighted by atomic mass is 9.93. The van der Waals surface area contributed by atoms with E-state index in [1.165, 1.54) is 12.1 Å². The van der Waals surface area contributed by atoms with E-state index < -0.39 is 0 Å². The molecule has 0 N–H and O–H groups in total. The van der Waals surface area contributed by atoms with Crippen molar-refractivity contribution in [2.45, 2.75) is 12.3 Å². The minimum Gasteiger partial charge on any atom is -0.207 e. The Morgan fingerprint density at radius 3 is 2.39 bits per heavy atom. The minimum absolute atomic E-state index is 0.172. The zero-order valence-electron chi connectivity index (χ0n) is 9.74. The highest BCUT2D eigenvalue weighted by Gasteiger charge is 2.11. The predicted octanol–water partition coefficient (Wildman–Crippen LogP) is 5.04. The van der Waals surface area contributed by atoms with Gasteiger partial charge in [-0.2, -0.15) is 0 Å². The van der Waals surface area contributed by atoms with Crippen molar-refractivity contribution >= 4 is 23.2 Å². The number of rotatable bonds is 4. The highest BCUT2D eigenvalue weighted by atomic mass is 35.5. The number of alkyl halides is 1. The van der Waals surface area contributed by atoms with E-state index in [2.05, 4.69) is 0 Å². The van der Waals surface area contributed by atoms with E-state index >= 15 is 0 Å². The number of benzene rings is 2. The topological polar surface area (TPSA) is 0 Å². The Kier molecular flexibility index (Phi) is 4.62. The van der Waals surface area contributed by atoms with Gasteiger partial charge in [0.15, 0.2) is 0 Å². The molecule has 2 rings (SSSR count). The van der Waals surface area contributed by atoms with Crippen LogP contribution in [0.1, 0.15) is 17.0 Å². The van der Waals surface area contributed by atoms with Crippen molar-refractivity contribution < 1.29 is 4.39 Å². The minimum atomic E-state index is -0.227. The molecular weight excluding hydrogens is 270 g/mol. The van der Waals surface area contributed by atoms with Gasteiger partial charge in [-0.25, -0.2) is 4.39 Å². The quantitative estimate of drug-likeness (QED) is 0.689. The molecule has 2 aromatic carbocycles. The van der Waals surface area contributed by atoms with Gasteiger partial charge in [0.25, 0.3) is 0 Å². The molecule has 0 bridgehead atoms. The molecule has 0 nitrogen and oxygen atoms in total. The Morgan fingerprint density at radius 2 is 1.78 bits per heavy atom. The highest BCUT2D eigenvalue weighted by molar-refractivity contribution is 6.30. The van der Waals surface area contributed by atoms with Crippen LogP contribution in [-0.4, -0.2) is 5.88 Å². The number of hydrogen-bond acceptors (Lipinski definition) is 0. The van der Waals surface area contributed by atoms with Crippen LogP contribution in [-0.2, 0) is 6.42 Å². The van der Waals surface area contributed by atoms with E-state index in [0.717, 1.165) is 22.6 Å². The summed E-state index contributed by atoms with van der Waals surface area (Å²) in [7, 11) is 0. The molecule has 0 saturated carbocycles. The number of halogens is 3. The molecule has 2 aromatic rings. The Bertz CT molecular complexity index is 508. The summed E-state index contributed by atoms with van der Waals surface area (Å²) >= 11 is 12.0. The van der Waals surface area contributed by atoms with Gasteiger partial charge in [0.1, 0.15) is 5.82 Å². The summed E-state index contributed by atoms with van der Waals surface area (Å²) in [6.45, 7) is 0. The lowest BCUT2D eigenvalue weighted by molar-refractivity contribution is 0.625. The van der Waals surface area contributed by atoms with Crippen LogP contribution in [0.15, 0.2) is 48.5 Å². The smallest absolute Gasteiger partial charge is 0.123 e. The average molecular weight is 283 g/mol. The van der Waals surface area contributed by atoms with Gasteiger partial charge in [-0.3, -0.25) is 0 Å². The van der Waals surface area contributed by atoms with Crippen LogP contribution in [0.2, 0.25) is 5.02 Å². The van der Waals surface area contributed by atoms with Gasteiger partial charge >= 0.3 is 0 Å². The molecule has 0 spiro atoms. The van der Waals surface area contributed by atoms with Crippen LogP contribution < -0.4 is 0 Å². The third-order valence-electron chi connectivity index (χ3n) is 2.90. The van der Waals surface area contributed by atoms with Crippen molar-refractivity contribution in [2.75, 3.05) is 5.88 Å². The highest BCUT2D eigenvalue weighted by Crippen LogP contribution is 2.24. The lowest BCUT2D eigenvalue weighted by Gasteiger charge is -2.14. The summed E-state index contributed by atoms with van der Waals surface area (Å²) in [6, 6.07) is 14.2. The molecule has 0 aromatic heterocycles. The van der Waals surface area contributed by atoms with Crippen LogP contribution in [0.25, 0.3) is 0 Å². The predicted molar refractivity (Wildman–Crippen MR) is 75.0 cm³/mol. The first-order chi connectivity index (χ1) is 8.69. The first-order valence-corrected chi connectivity index (χ1v) is 6.66. The molecule has 0 fully saturated rings. The van der Waals surface area contributed by atoms with Crippen molar-refractivity contribution in [3.05, 3.63) is 70.5 Å². The van der Waals surface area contributed by atoms with E-state index in [-0.39, 0.29) is 11.7 Å². The maximum Gasteiger partial charge on any atom is 0.123 e. The first kappa shape index (κ1) is 13.4. The van der Waals surface area contributed by atoms with Crippen LogP contribution >= 0.6 is 23.2 Å². The molecule has 0 aliphatic heterocycles. The molecule has 0 amide bonds. The van der Waals surface area contributed by atoms with Gasteiger partial charge in [-0.05, 0) is 41.8 Å². The van der Waals surface area contributed by atoms with E-state index in [9.17, 15) is 4.39 Å². The normalized spacial score (nSPS) is 12.4. The fourth-order valence-electron chi connectivity index (χ4n) is 1.94. The zero-order chi connectivity index (χ0) is 13.0. The van der Waals surface area contributed by atoms with Gasteiger partial charge in [0.2, 0.25) is 0 Å². The Hall–Kier alpha value is -1.05. The summed E-state index contributed by atoms with van der Waals surface area (Å²) in [4.78, 5) is 0. The van der Waals surface area contributed by atoms with Gasteiger partial charge in [-0.15, -0.1) is 11.6 Å². The van der Waals surface area contributed by atoms with Crippen molar-refractivity contribution in [1.29, 1.82) is 0 Å². The van der Waals surface area contributed by atoms with Crippen LogP contribution in [0.3, 0.4) is 0 Å². The molecular formula is C15H13Cl2F. The van der Waals surface area contributed by atoms with Crippen molar-refractivity contribution in [1.82, 2.24) is 0 Å². The van der Waals surface area contributed by atoms with E-state index in [1.54, 1.807) is 12.1 Å². The summed E-state index contributed by atoms with van der Waals surface area (Å²) in [5, 5.41) is 0.722. The monoisotopic (exact) mass is 282 g/mol. The fraction of sp³-hybridized carbons (Fsp3) is 0.200. The summed E-state index contributed by atoms with van der Waals surface area (Å²) in [5.41, 5.74) is 2.18. The molecule has 18 heavy (non-hydrogen) atoms. The van der Waals surface area contributed by atoms with E-state index in [0.29, 0.717) is 5.88 Å². The van der Waals surface area contributed by atoms with Crippen LogP contribution in [0.5, 0.6) is 0 Å². The maximum atomic E-state index is 12.9.